The monoisotopic (exact) mass is 364 g/mol. The second kappa shape index (κ2) is 8.08. The van der Waals surface area contributed by atoms with E-state index in [0.717, 1.165) is 34.3 Å². The molecular weight excluding hydrogens is 340 g/mol. The molecule has 3 rings (SSSR count). The Morgan fingerprint density at radius 3 is 2.52 bits per heavy atom. The lowest BCUT2D eigenvalue weighted by Gasteiger charge is -2.23. The minimum absolute atomic E-state index is 0.00827. The molecule has 0 fully saturated rings. The van der Waals surface area contributed by atoms with Crippen LogP contribution in [0.2, 0.25) is 0 Å². The van der Waals surface area contributed by atoms with Gasteiger partial charge in [0.25, 0.3) is 5.56 Å². The number of hydrogen-bond donors (Lipinski definition) is 1. The minimum atomic E-state index is -0.170. The van der Waals surface area contributed by atoms with Gasteiger partial charge in [-0.15, -0.1) is 0 Å². The van der Waals surface area contributed by atoms with Crippen molar-refractivity contribution in [2.75, 3.05) is 12.0 Å². The summed E-state index contributed by atoms with van der Waals surface area (Å²) in [6.45, 7) is 4.18. The molecule has 0 saturated heterocycles. The predicted octanol–water partition coefficient (Wildman–Crippen LogP) is 4.18. The topological polar surface area (TPSA) is 62.4 Å². The fourth-order valence-electron chi connectivity index (χ4n) is 3.08. The molecule has 1 amide bonds. The van der Waals surface area contributed by atoms with Crippen molar-refractivity contribution in [3.63, 3.8) is 0 Å². The summed E-state index contributed by atoms with van der Waals surface area (Å²) in [5.41, 5.74) is 3.03. The summed E-state index contributed by atoms with van der Waals surface area (Å²) in [5.74, 6) is 0.714. The Hall–Kier alpha value is -3.08. The number of aryl methyl sites for hydroxylation is 1. The van der Waals surface area contributed by atoms with E-state index in [1.807, 2.05) is 62.4 Å². The number of pyridine rings is 1. The Labute approximate surface area is 158 Å². The van der Waals surface area contributed by atoms with E-state index in [0.29, 0.717) is 12.0 Å². The predicted molar refractivity (Wildman–Crippen MR) is 108 cm³/mol. The van der Waals surface area contributed by atoms with Gasteiger partial charge in [0.1, 0.15) is 5.75 Å². The zero-order valence-corrected chi connectivity index (χ0v) is 15.9. The number of ether oxygens (including phenoxy) is 1. The molecular formula is C22H24N2O3. The number of aromatic amines is 1. The minimum Gasteiger partial charge on any atom is -0.497 e. The standard InChI is InChI=1S/C22H24N2O3/c1-4-5-21(25)24(18-8-10-19(27-3)11-9-18)14-17-13-16-7-6-15(2)12-20(16)23-22(17)26/h6-13H,4-5,14H2,1-3H3,(H,23,26). The lowest BCUT2D eigenvalue weighted by molar-refractivity contribution is -0.118. The number of aromatic nitrogens is 1. The highest BCUT2D eigenvalue weighted by Gasteiger charge is 2.17. The van der Waals surface area contributed by atoms with Crippen LogP contribution in [0.5, 0.6) is 5.75 Å². The van der Waals surface area contributed by atoms with Crippen LogP contribution in [0.4, 0.5) is 5.69 Å². The smallest absolute Gasteiger partial charge is 0.253 e. The van der Waals surface area contributed by atoms with Crippen LogP contribution < -0.4 is 15.2 Å². The van der Waals surface area contributed by atoms with Gasteiger partial charge in [-0.2, -0.15) is 0 Å². The van der Waals surface area contributed by atoms with E-state index in [1.54, 1.807) is 12.0 Å². The number of H-pyrrole nitrogens is 1. The molecule has 1 N–H and O–H groups in total. The van der Waals surface area contributed by atoms with E-state index in [4.69, 9.17) is 4.74 Å². The van der Waals surface area contributed by atoms with Crippen molar-refractivity contribution in [1.82, 2.24) is 4.98 Å². The number of nitrogens with one attached hydrogen (secondary N) is 1. The maximum absolute atomic E-state index is 12.7. The Bertz CT molecular complexity index is 1010. The van der Waals surface area contributed by atoms with Crippen LogP contribution in [-0.4, -0.2) is 18.0 Å². The first-order valence-electron chi connectivity index (χ1n) is 9.09. The van der Waals surface area contributed by atoms with Crippen LogP contribution in [0.3, 0.4) is 0 Å². The second-order valence-corrected chi connectivity index (χ2v) is 6.64. The van der Waals surface area contributed by atoms with Gasteiger partial charge in [0.2, 0.25) is 5.91 Å². The molecule has 0 bridgehead atoms. The third-order valence-electron chi connectivity index (χ3n) is 4.56. The van der Waals surface area contributed by atoms with E-state index in [9.17, 15) is 9.59 Å². The van der Waals surface area contributed by atoms with Crippen molar-refractivity contribution >= 4 is 22.5 Å². The molecule has 5 nitrogen and oxygen atoms in total. The first-order valence-corrected chi connectivity index (χ1v) is 9.09. The van der Waals surface area contributed by atoms with Crippen LogP contribution in [0.15, 0.2) is 53.3 Å². The van der Waals surface area contributed by atoms with Crippen LogP contribution >= 0.6 is 0 Å². The second-order valence-electron chi connectivity index (χ2n) is 6.64. The molecule has 140 valence electrons. The number of amides is 1. The van der Waals surface area contributed by atoms with Gasteiger partial charge >= 0.3 is 0 Å². The molecule has 1 aromatic heterocycles. The lowest BCUT2D eigenvalue weighted by Crippen LogP contribution is -2.32. The van der Waals surface area contributed by atoms with E-state index in [1.165, 1.54) is 0 Å². The number of methoxy groups -OCH3 is 1. The van der Waals surface area contributed by atoms with Crippen molar-refractivity contribution < 1.29 is 9.53 Å². The zero-order valence-electron chi connectivity index (χ0n) is 15.9. The van der Waals surface area contributed by atoms with Crippen LogP contribution in [-0.2, 0) is 11.3 Å². The molecule has 0 aliphatic rings. The fourth-order valence-corrected chi connectivity index (χ4v) is 3.08. The molecule has 5 heteroatoms. The zero-order chi connectivity index (χ0) is 19.4. The number of benzene rings is 2. The molecule has 0 atom stereocenters. The Morgan fingerprint density at radius 1 is 1.11 bits per heavy atom. The molecule has 0 aliphatic heterocycles. The van der Waals surface area contributed by atoms with Crippen molar-refractivity contribution in [2.45, 2.75) is 33.2 Å². The maximum atomic E-state index is 12.7. The van der Waals surface area contributed by atoms with Gasteiger partial charge in [0, 0.05) is 23.2 Å². The Morgan fingerprint density at radius 2 is 1.85 bits per heavy atom. The van der Waals surface area contributed by atoms with Crippen LogP contribution in [0, 0.1) is 6.92 Å². The molecule has 0 radical (unpaired) electrons. The number of anilines is 1. The molecule has 27 heavy (non-hydrogen) atoms. The fraction of sp³-hybridized carbons (Fsp3) is 0.273. The molecule has 0 aliphatic carbocycles. The quantitative estimate of drug-likeness (QED) is 0.714. The molecule has 0 saturated carbocycles. The molecule has 3 aromatic rings. The van der Waals surface area contributed by atoms with E-state index < -0.39 is 0 Å². The van der Waals surface area contributed by atoms with Gasteiger partial charge in [0.15, 0.2) is 0 Å². The molecule has 0 unspecified atom stereocenters. The third-order valence-corrected chi connectivity index (χ3v) is 4.56. The van der Waals surface area contributed by atoms with Crippen molar-refractivity contribution in [3.05, 3.63) is 70.0 Å². The highest BCUT2D eigenvalue weighted by atomic mass is 16.5. The average Bonchev–Trinajstić information content (AvgIpc) is 2.66. The lowest BCUT2D eigenvalue weighted by atomic mass is 10.1. The number of fused-ring (bicyclic) bond motifs is 1. The van der Waals surface area contributed by atoms with Gasteiger partial charge < -0.3 is 14.6 Å². The number of carbonyl (C=O) groups is 1. The van der Waals surface area contributed by atoms with Crippen molar-refractivity contribution in [2.24, 2.45) is 0 Å². The largest absolute Gasteiger partial charge is 0.497 e. The van der Waals surface area contributed by atoms with E-state index >= 15 is 0 Å². The van der Waals surface area contributed by atoms with E-state index in [2.05, 4.69) is 4.98 Å². The number of nitrogens with zero attached hydrogens (tertiary/aromatic N) is 1. The highest BCUT2D eigenvalue weighted by molar-refractivity contribution is 5.93. The summed E-state index contributed by atoms with van der Waals surface area (Å²) in [7, 11) is 1.60. The Kier molecular flexibility index (Phi) is 5.60. The normalized spacial score (nSPS) is 10.8. The van der Waals surface area contributed by atoms with Gasteiger partial charge in [-0.3, -0.25) is 9.59 Å². The van der Waals surface area contributed by atoms with Gasteiger partial charge in [0.05, 0.1) is 13.7 Å². The van der Waals surface area contributed by atoms with Crippen LogP contribution in [0.1, 0.15) is 30.9 Å². The first kappa shape index (κ1) is 18.7. The summed E-state index contributed by atoms with van der Waals surface area (Å²) in [6, 6.07) is 15.1. The molecule has 2 aromatic carbocycles. The van der Waals surface area contributed by atoms with Crippen LogP contribution in [0.25, 0.3) is 10.9 Å². The maximum Gasteiger partial charge on any atom is 0.253 e. The number of carbonyl (C=O) groups excluding carboxylic acids is 1. The van der Waals surface area contributed by atoms with Crippen molar-refractivity contribution in [3.8, 4) is 5.75 Å². The SMILES string of the molecule is CCCC(=O)N(Cc1cc2ccc(C)cc2[nH]c1=O)c1ccc(OC)cc1. The van der Waals surface area contributed by atoms with E-state index in [-0.39, 0.29) is 18.0 Å². The third kappa shape index (κ3) is 4.19. The highest BCUT2D eigenvalue weighted by Crippen LogP contribution is 2.22. The van der Waals surface area contributed by atoms with Crippen molar-refractivity contribution in [1.29, 1.82) is 0 Å². The Balaban J connectivity index is 1.99. The summed E-state index contributed by atoms with van der Waals surface area (Å²) in [4.78, 5) is 29.9. The number of hydrogen-bond acceptors (Lipinski definition) is 3. The summed E-state index contributed by atoms with van der Waals surface area (Å²) in [6.07, 6.45) is 1.18. The van der Waals surface area contributed by atoms with Gasteiger partial charge in [-0.25, -0.2) is 0 Å². The average molecular weight is 364 g/mol. The number of rotatable bonds is 6. The summed E-state index contributed by atoms with van der Waals surface area (Å²) >= 11 is 0. The first-order chi connectivity index (χ1) is 13.0. The van der Waals surface area contributed by atoms with Gasteiger partial charge in [-0.1, -0.05) is 19.1 Å². The van der Waals surface area contributed by atoms with Gasteiger partial charge in [-0.05, 0) is 60.7 Å². The summed E-state index contributed by atoms with van der Waals surface area (Å²) in [5, 5.41) is 0.952. The molecule has 1 heterocycles. The summed E-state index contributed by atoms with van der Waals surface area (Å²) < 4.78 is 5.19. The molecule has 0 spiro atoms.